The second-order valence-electron chi connectivity index (χ2n) is 4.64. The lowest BCUT2D eigenvalue weighted by molar-refractivity contribution is 0.292. The number of unbranched alkanes of at least 4 members (excludes halogenated alkanes) is 1. The van der Waals surface area contributed by atoms with Crippen molar-refractivity contribution in [1.29, 1.82) is 0 Å². The van der Waals surface area contributed by atoms with Crippen LogP contribution in [0.3, 0.4) is 0 Å². The molecule has 0 aliphatic heterocycles. The Morgan fingerprint density at radius 1 is 1.33 bits per heavy atom. The van der Waals surface area contributed by atoms with Crippen molar-refractivity contribution in [2.45, 2.75) is 25.8 Å². The van der Waals surface area contributed by atoms with Crippen LogP contribution in [0.4, 0.5) is 0 Å². The molecule has 0 saturated carbocycles. The van der Waals surface area contributed by atoms with Gasteiger partial charge in [-0.1, -0.05) is 31.0 Å². The highest BCUT2D eigenvalue weighted by molar-refractivity contribution is 6.30. The van der Waals surface area contributed by atoms with E-state index in [0.717, 1.165) is 18.4 Å². The zero-order chi connectivity index (χ0) is 15.2. The molecule has 0 saturated heterocycles. The Morgan fingerprint density at radius 3 is 2.81 bits per heavy atom. The van der Waals surface area contributed by atoms with Crippen LogP contribution >= 0.6 is 11.6 Å². The highest BCUT2D eigenvalue weighted by atomic mass is 35.5. The number of phenols is 1. The lowest BCUT2D eigenvalue weighted by Gasteiger charge is -2.15. The smallest absolute Gasteiger partial charge is 0.161 e. The highest BCUT2D eigenvalue weighted by Crippen LogP contribution is 2.31. The average molecular weight is 308 g/mol. The summed E-state index contributed by atoms with van der Waals surface area (Å²) in [6.45, 7) is 2.63. The standard InChI is InChI=1S/C15H18ClN3O2/c1-2-3-8-21-12-9-10(4-5-11(12)20)13(17)14-15(16)19-7-6-18-14/h4-7,9,13,20H,2-3,8,17H2,1H3. The topological polar surface area (TPSA) is 81.3 Å². The number of halogens is 1. The number of rotatable bonds is 6. The third-order valence-electron chi connectivity index (χ3n) is 3.07. The fourth-order valence-corrected chi connectivity index (χ4v) is 2.09. The fourth-order valence-electron chi connectivity index (χ4n) is 1.86. The molecule has 0 amide bonds. The summed E-state index contributed by atoms with van der Waals surface area (Å²) in [7, 11) is 0. The molecule has 2 aromatic rings. The molecule has 112 valence electrons. The van der Waals surface area contributed by atoms with Crippen molar-refractivity contribution in [2.75, 3.05) is 6.61 Å². The maximum Gasteiger partial charge on any atom is 0.161 e. The second kappa shape index (κ2) is 7.24. The molecular formula is C15H18ClN3O2. The molecule has 3 N–H and O–H groups in total. The van der Waals surface area contributed by atoms with Gasteiger partial charge in [0.1, 0.15) is 0 Å². The van der Waals surface area contributed by atoms with Crippen LogP contribution in [0.15, 0.2) is 30.6 Å². The van der Waals surface area contributed by atoms with Gasteiger partial charge in [-0.25, -0.2) is 4.98 Å². The van der Waals surface area contributed by atoms with Gasteiger partial charge in [0.2, 0.25) is 0 Å². The van der Waals surface area contributed by atoms with Gasteiger partial charge in [0.25, 0.3) is 0 Å². The minimum atomic E-state index is -0.527. The number of hydrogen-bond donors (Lipinski definition) is 2. The molecule has 0 aliphatic rings. The van der Waals surface area contributed by atoms with E-state index in [-0.39, 0.29) is 10.9 Å². The van der Waals surface area contributed by atoms with E-state index in [4.69, 9.17) is 22.1 Å². The fraction of sp³-hybridized carbons (Fsp3) is 0.333. The Morgan fingerprint density at radius 2 is 2.10 bits per heavy atom. The lowest BCUT2D eigenvalue weighted by atomic mass is 10.0. The summed E-state index contributed by atoms with van der Waals surface area (Å²) in [5.74, 6) is 0.503. The van der Waals surface area contributed by atoms with Crippen molar-refractivity contribution in [3.63, 3.8) is 0 Å². The molecule has 21 heavy (non-hydrogen) atoms. The van der Waals surface area contributed by atoms with Crippen LogP contribution in [0.25, 0.3) is 0 Å². The van der Waals surface area contributed by atoms with Crippen LogP contribution in [0.2, 0.25) is 5.15 Å². The van der Waals surface area contributed by atoms with Gasteiger partial charge < -0.3 is 15.6 Å². The Hall–Kier alpha value is -1.85. The van der Waals surface area contributed by atoms with Crippen molar-refractivity contribution in [1.82, 2.24) is 9.97 Å². The predicted octanol–water partition coefficient (Wildman–Crippen LogP) is 3.06. The quantitative estimate of drug-likeness (QED) is 0.802. The molecule has 1 aromatic carbocycles. The van der Waals surface area contributed by atoms with Crippen LogP contribution in [0.5, 0.6) is 11.5 Å². The van der Waals surface area contributed by atoms with Gasteiger partial charge in [-0.3, -0.25) is 4.98 Å². The molecule has 6 heteroatoms. The molecule has 0 bridgehead atoms. The van der Waals surface area contributed by atoms with Gasteiger partial charge in [-0.05, 0) is 24.1 Å². The van der Waals surface area contributed by atoms with E-state index in [9.17, 15) is 5.11 Å². The SMILES string of the molecule is CCCCOc1cc(C(N)c2nccnc2Cl)ccc1O. The normalized spacial score (nSPS) is 12.1. The molecule has 0 fully saturated rings. The van der Waals surface area contributed by atoms with Crippen LogP contribution in [0.1, 0.15) is 37.1 Å². The number of nitrogens with zero attached hydrogens (tertiary/aromatic N) is 2. The van der Waals surface area contributed by atoms with E-state index in [2.05, 4.69) is 16.9 Å². The van der Waals surface area contributed by atoms with Crippen LogP contribution in [-0.2, 0) is 0 Å². The van der Waals surface area contributed by atoms with Crippen molar-refractivity contribution in [3.8, 4) is 11.5 Å². The molecule has 1 aromatic heterocycles. The van der Waals surface area contributed by atoms with Gasteiger partial charge in [-0.2, -0.15) is 0 Å². The predicted molar refractivity (Wildman–Crippen MR) is 81.6 cm³/mol. The van der Waals surface area contributed by atoms with E-state index in [1.54, 1.807) is 24.4 Å². The van der Waals surface area contributed by atoms with Gasteiger partial charge in [-0.15, -0.1) is 0 Å². The Balaban J connectivity index is 2.23. The first kappa shape index (κ1) is 15.5. The average Bonchev–Trinajstić information content (AvgIpc) is 2.49. The number of aromatic hydroxyl groups is 1. The first-order chi connectivity index (χ1) is 10.1. The number of nitrogens with two attached hydrogens (primary N) is 1. The van der Waals surface area contributed by atoms with Gasteiger partial charge in [0.15, 0.2) is 16.7 Å². The van der Waals surface area contributed by atoms with Crippen molar-refractivity contribution in [3.05, 3.63) is 47.0 Å². The van der Waals surface area contributed by atoms with E-state index < -0.39 is 6.04 Å². The van der Waals surface area contributed by atoms with Gasteiger partial charge in [0, 0.05) is 12.4 Å². The summed E-state index contributed by atoms with van der Waals surface area (Å²) < 4.78 is 5.56. The third-order valence-corrected chi connectivity index (χ3v) is 3.36. The number of ether oxygens (including phenoxy) is 1. The minimum absolute atomic E-state index is 0.0901. The number of benzene rings is 1. The first-order valence-electron chi connectivity index (χ1n) is 6.81. The Labute approximate surface area is 128 Å². The van der Waals surface area contributed by atoms with E-state index in [1.807, 2.05) is 0 Å². The summed E-state index contributed by atoms with van der Waals surface area (Å²) in [5, 5.41) is 10.1. The first-order valence-corrected chi connectivity index (χ1v) is 7.19. The van der Waals surface area contributed by atoms with Crippen LogP contribution < -0.4 is 10.5 Å². The van der Waals surface area contributed by atoms with E-state index in [0.29, 0.717) is 18.1 Å². The summed E-state index contributed by atoms with van der Waals surface area (Å²) in [5.41, 5.74) is 7.41. The highest BCUT2D eigenvalue weighted by Gasteiger charge is 2.16. The van der Waals surface area contributed by atoms with Crippen LogP contribution in [-0.4, -0.2) is 21.7 Å². The Bertz CT molecular complexity index is 607. The zero-order valence-corrected chi connectivity index (χ0v) is 12.5. The third kappa shape index (κ3) is 3.83. The monoisotopic (exact) mass is 307 g/mol. The molecule has 0 spiro atoms. The summed E-state index contributed by atoms with van der Waals surface area (Å²) in [6.07, 6.45) is 5.00. The van der Waals surface area contributed by atoms with Crippen molar-refractivity contribution >= 4 is 11.6 Å². The van der Waals surface area contributed by atoms with E-state index in [1.165, 1.54) is 6.20 Å². The number of phenolic OH excluding ortho intramolecular Hbond substituents is 1. The molecule has 0 aliphatic carbocycles. The molecule has 1 unspecified atom stereocenters. The van der Waals surface area contributed by atoms with Gasteiger partial charge >= 0.3 is 0 Å². The zero-order valence-electron chi connectivity index (χ0n) is 11.8. The molecule has 1 heterocycles. The number of aromatic nitrogens is 2. The summed E-state index contributed by atoms with van der Waals surface area (Å²) in [4.78, 5) is 8.13. The molecule has 2 rings (SSSR count). The van der Waals surface area contributed by atoms with Crippen molar-refractivity contribution in [2.24, 2.45) is 5.73 Å². The lowest BCUT2D eigenvalue weighted by Crippen LogP contribution is -2.14. The Kier molecular flexibility index (Phi) is 5.36. The molecule has 5 nitrogen and oxygen atoms in total. The van der Waals surface area contributed by atoms with Gasteiger partial charge in [0.05, 0.1) is 18.3 Å². The maximum absolute atomic E-state index is 9.82. The molecular weight excluding hydrogens is 290 g/mol. The number of hydrogen-bond acceptors (Lipinski definition) is 5. The summed E-state index contributed by atoms with van der Waals surface area (Å²) >= 11 is 6.01. The van der Waals surface area contributed by atoms with Crippen molar-refractivity contribution < 1.29 is 9.84 Å². The summed E-state index contributed by atoms with van der Waals surface area (Å²) in [6, 6.07) is 4.46. The second-order valence-corrected chi connectivity index (χ2v) is 5.00. The van der Waals surface area contributed by atoms with Crippen LogP contribution in [0, 0.1) is 0 Å². The van der Waals surface area contributed by atoms with E-state index >= 15 is 0 Å². The molecule has 0 radical (unpaired) electrons. The maximum atomic E-state index is 9.82. The molecule has 1 atom stereocenters. The largest absolute Gasteiger partial charge is 0.504 e. The minimum Gasteiger partial charge on any atom is -0.504 e.